The molecule has 4 aliphatic carbocycles. The number of hydrogen-bond donors (Lipinski definition) is 1. The van der Waals surface area contributed by atoms with Crippen LogP contribution in [0.5, 0.6) is 0 Å². The minimum absolute atomic E-state index is 0.0109. The van der Waals surface area contributed by atoms with Crippen molar-refractivity contribution in [1.82, 2.24) is 5.32 Å². The van der Waals surface area contributed by atoms with Crippen molar-refractivity contribution in [3.8, 4) is 0 Å². The number of carbonyl (C=O) groups excluding carboxylic acids is 3. The zero-order valence-corrected chi connectivity index (χ0v) is 22.4. The summed E-state index contributed by atoms with van der Waals surface area (Å²) in [5.74, 6) is 1.24. The third kappa shape index (κ3) is 4.91. The van der Waals surface area contributed by atoms with E-state index in [1.807, 2.05) is 13.8 Å². The molecule has 0 radical (unpaired) electrons. The zero-order chi connectivity index (χ0) is 25.4. The van der Waals surface area contributed by atoms with Crippen LogP contribution in [0.4, 0.5) is 0 Å². The summed E-state index contributed by atoms with van der Waals surface area (Å²) in [6.07, 6.45) is 11.6. The van der Waals surface area contributed by atoms with E-state index in [-0.39, 0.29) is 46.9 Å². The topological polar surface area (TPSA) is 81.7 Å². The maximum Gasteiger partial charge on any atom is 0.306 e. The Morgan fingerprint density at radius 3 is 2.34 bits per heavy atom. The molecule has 0 aromatic heterocycles. The molecular weight excluding hydrogens is 442 g/mol. The smallest absolute Gasteiger partial charge is 0.306 e. The lowest BCUT2D eigenvalue weighted by atomic mass is 9.48. The minimum Gasteiger partial charge on any atom is -0.462 e. The van der Waals surface area contributed by atoms with Crippen LogP contribution in [-0.2, 0) is 23.9 Å². The van der Waals surface area contributed by atoms with Crippen LogP contribution in [0.1, 0.15) is 105 Å². The third-order valence-electron chi connectivity index (χ3n) is 9.91. The maximum absolute atomic E-state index is 12.4. The zero-order valence-electron chi connectivity index (χ0n) is 22.4. The Morgan fingerprint density at radius 1 is 1.00 bits per heavy atom. The van der Waals surface area contributed by atoms with Gasteiger partial charge in [0.25, 0.3) is 0 Å². The number of esters is 2. The lowest BCUT2D eigenvalue weighted by molar-refractivity contribution is -0.152. The Balaban J connectivity index is 1.54. The van der Waals surface area contributed by atoms with Crippen LogP contribution in [0, 0.1) is 28.6 Å². The molecule has 4 rings (SSSR count). The molecule has 6 heteroatoms. The van der Waals surface area contributed by atoms with Gasteiger partial charge in [-0.05, 0) is 80.0 Å². The van der Waals surface area contributed by atoms with E-state index in [1.165, 1.54) is 5.57 Å². The van der Waals surface area contributed by atoms with Gasteiger partial charge >= 0.3 is 11.9 Å². The first-order chi connectivity index (χ1) is 16.6. The van der Waals surface area contributed by atoms with Crippen LogP contribution >= 0.6 is 0 Å². The van der Waals surface area contributed by atoms with Crippen LogP contribution in [-0.4, -0.2) is 36.1 Å². The molecular formula is C29H45NO5. The van der Waals surface area contributed by atoms with E-state index in [0.717, 1.165) is 57.8 Å². The number of fused-ring (bicyclic) bond motifs is 5. The molecule has 0 unspecified atom stereocenters. The molecule has 196 valence electrons. The number of carbonyl (C=O) groups is 3. The third-order valence-corrected chi connectivity index (χ3v) is 9.91. The number of amides is 1. The van der Waals surface area contributed by atoms with Crippen LogP contribution in [0.2, 0.25) is 0 Å². The van der Waals surface area contributed by atoms with Gasteiger partial charge in [0.1, 0.15) is 12.2 Å². The first-order valence-electron chi connectivity index (χ1n) is 14.0. The molecule has 0 saturated heterocycles. The Kier molecular flexibility index (Phi) is 7.68. The molecule has 35 heavy (non-hydrogen) atoms. The van der Waals surface area contributed by atoms with Gasteiger partial charge in [-0.1, -0.05) is 39.3 Å². The van der Waals surface area contributed by atoms with E-state index in [0.29, 0.717) is 30.6 Å². The molecule has 6 nitrogen and oxygen atoms in total. The molecule has 0 heterocycles. The average Bonchev–Trinajstić information content (AvgIpc) is 3.05. The minimum atomic E-state index is -0.251. The van der Waals surface area contributed by atoms with Crippen molar-refractivity contribution in [2.75, 3.05) is 0 Å². The number of hydrogen-bond acceptors (Lipinski definition) is 5. The number of ether oxygens (including phenoxy) is 2. The van der Waals surface area contributed by atoms with E-state index in [2.05, 4.69) is 25.2 Å². The highest BCUT2D eigenvalue weighted by Gasteiger charge is 2.62. The van der Waals surface area contributed by atoms with Crippen molar-refractivity contribution in [1.29, 1.82) is 0 Å². The van der Waals surface area contributed by atoms with Gasteiger partial charge in [0.05, 0.1) is 6.04 Å². The average molecular weight is 488 g/mol. The highest BCUT2D eigenvalue weighted by atomic mass is 16.5. The fraction of sp³-hybridized carbons (Fsp3) is 0.828. The van der Waals surface area contributed by atoms with Crippen molar-refractivity contribution in [3.05, 3.63) is 11.6 Å². The SMILES string of the molecule is CCCC(=O)O[C@H]1CC[C@@]2(C)C(=CC[C@@H]3[C@H]4C[C@H](OC(=O)CCC)[C@H](NC(C)=O)[C@@]4(C)CC[C@H]32)C1. The van der Waals surface area contributed by atoms with Gasteiger partial charge in [-0.25, -0.2) is 0 Å². The standard InChI is InChI=1S/C29H45NO5/c1-6-8-25(32)34-20-12-14-28(4)19(16-20)10-11-21-22(28)13-15-29(5)23(21)17-24(27(29)30-18(3)31)35-26(33)9-7-2/h10,20-24,27H,6-9,11-17H2,1-5H3,(H,30,31)/t20-,21-,22+,23+,24-,27-,28-,29-/m0/s1. The summed E-state index contributed by atoms with van der Waals surface area (Å²) in [5.41, 5.74) is 1.54. The molecule has 0 aliphatic heterocycles. The second-order valence-electron chi connectivity index (χ2n) is 12.1. The van der Waals surface area contributed by atoms with E-state index in [1.54, 1.807) is 6.92 Å². The lowest BCUT2D eigenvalue weighted by Crippen LogP contribution is -2.55. The number of rotatable bonds is 7. The number of allylic oxidation sites excluding steroid dienone is 1. The highest BCUT2D eigenvalue weighted by molar-refractivity contribution is 5.74. The van der Waals surface area contributed by atoms with Gasteiger partial charge in [-0.3, -0.25) is 14.4 Å². The van der Waals surface area contributed by atoms with Crippen molar-refractivity contribution in [2.24, 2.45) is 28.6 Å². The lowest BCUT2D eigenvalue weighted by Gasteiger charge is -2.57. The molecule has 0 spiro atoms. The molecule has 1 N–H and O–H groups in total. The monoisotopic (exact) mass is 487 g/mol. The summed E-state index contributed by atoms with van der Waals surface area (Å²) in [6.45, 7) is 10.3. The van der Waals surface area contributed by atoms with Crippen molar-refractivity contribution < 1.29 is 23.9 Å². The Morgan fingerprint density at radius 2 is 1.69 bits per heavy atom. The molecule has 4 aliphatic rings. The van der Waals surface area contributed by atoms with E-state index >= 15 is 0 Å². The van der Waals surface area contributed by atoms with Gasteiger partial charge in [0.15, 0.2) is 0 Å². The molecule has 0 aromatic rings. The van der Waals surface area contributed by atoms with Gasteiger partial charge in [0.2, 0.25) is 5.91 Å². The predicted molar refractivity (Wildman–Crippen MR) is 134 cm³/mol. The van der Waals surface area contributed by atoms with Gasteiger partial charge in [-0.2, -0.15) is 0 Å². The van der Waals surface area contributed by atoms with Gasteiger partial charge < -0.3 is 14.8 Å². The molecule has 0 bridgehead atoms. The van der Waals surface area contributed by atoms with Crippen LogP contribution in [0.3, 0.4) is 0 Å². The molecule has 0 aromatic carbocycles. The number of nitrogens with one attached hydrogen (secondary N) is 1. The Bertz CT molecular complexity index is 867. The fourth-order valence-corrected chi connectivity index (χ4v) is 8.19. The summed E-state index contributed by atoms with van der Waals surface area (Å²) in [5, 5.41) is 3.19. The van der Waals surface area contributed by atoms with E-state index < -0.39 is 0 Å². The van der Waals surface area contributed by atoms with Crippen LogP contribution in [0.25, 0.3) is 0 Å². The summed E-state index contributed by atoms with van der Waals surface area (Å²) < 4.78 is 11.8. The highest BCUT2D eigenvalue weighted by Crippen LogP contribution is 2.65. The Hall–Kier alpha value is -1.85. The van der Waals surface area contributed by atoms with Crippen LogP contribution in [0.15, 0.2) is 11.6 Å². The van der Waals surface area contributed by atoms with Gasteiger partial charge in [0, 0.05) is 26.2 Å². The van der Waals surface area contributed by atoms with Gasteiger partial charge in [-0.15, -0.1) is 0 Å². The maximum atomic E-state index is 12.4. The molecule has 3 fully saturated rings. The van der Waals surface area contributed by atoms with Crippen molar-refractivity contribution in [3.63, 3.8) is 0 Å². The largest absolute Gasteiger partial charge is 0.462 e. The molecule has 1 amide bonds. The van der Waals surface area contributed by atoms with Crippen LogP contribution < -0.4 is 5.32 Å². The fourth-order valence-electron chi connectivity index (χ4n) is 8.19. The Labute approximate surface area is 211 Å². The normalized spacial score (nSPS) is 40.0. The van der Waals surface area contributed by atoms with E-state index in [4.69, 9.17) is 9.47 Å². The van der Waals surface area contributed by atoms with E-state index in [9.17, 15) is 14.4 Å². The second kappa shape index (κ2) is 10.3. The first-order valence-corrected chi connectivity index (χ1v) is 14.0. The van der Waals surface area contributed by atoms with Crippen molar-refractivity contribution in [2.45, 2.75) is 123 Å². The predicted octanol–water partition coefficient (Wildman–Crippen LogP) is 5.49. The molecule has 3 saturated carbocycles. The summed E-state index contributed by atoms with van der Waals surface area (Å²) in [6, 6.07) is -0.126. The summed E-state index contributed by atoms with van der Waals surface area (Å²) in [4.78, 5) is 36.7. The summed E-state index contributed by atoms with van der Waals surface area (Å²) >= 11 is 0. The van der Waals surface area contributed by atoms with Crippen molar-refractivity contribution >= 4 is 17.8 Å². The first kappa shape index (κ1) is 26.2. The quantitative estimate of drug-likeness (QED) is 0.379. The molecule has 8 atom stereocenters. The second-order valence-corrected chi connectivity index (χ2v) is 12.1. The summed E-state index contributed by atoms with van der Waals surface area (Å²) in [7, 11) is 0.